The van der Waals surface area contributed by atoms with E-state index in [2.05, 4.69) is 17.1 Å². The molecule has 2 rings (SSSR count). The maximum Gasteiger partial charge on any atom is 0.239 e. The summed E-state index contributed by atoms with van der Waals surface area (Å²) in [6.07, 6.45) is 8.38. The van der Waals surface area contributed by atoms with Crippen LogP contribution in [-0.2, 0) is 4.79 Å². The molecule has 1 unspecified atom stereocenters. The highest BCUT2D eigenvalue weighted by atomic mass is 16.2. The fourth-order valence-corrected chi connectivity index (χ4v) is 2.99. The van der Waals surface area contributed by atoms with Crippen LogP contribution < -0.4 is 5.32 Å². The molecule has 1 aliphatic carbocycles. The number of hydrogen-bond acceptors (Lipinski definition) is 2. The second-order valence-corrected chi connectivity index (χ2v) is 5.12. The average Bonchev–Trinajstić information content (AvgIpc) is 2.81. The zero-order valence-electron chi connectivity index (χ0n) is 10.4. The van der Waals surface area contributed by atoms with Crippen LogP contribution in [0.3, 0.4) is 0 Å². The summed E-state index contributed by atoms with van der Waals surface area (Å²) in [4.78, 5) is 14.4. The second-order valence-electron chi connectivity index (χ2n) is 5.12. The Bertz CT molecular complexity index is 236. The molecular formula is C13H24N2O. The van der Waals surface area contributed by atoms with Crippen molar-refractivity contribution in [1.29, 1.82) is 0 Å². The molecule has 1 amide bonds. The molecule has 1 saturated carbocycles. The number of carbonyl (C=O) groups excluding carboxylic acids is 1. The van der Waals surface area contributed by atoms with Gasteiger partial charge in [0.05, 0.1) is 6.04 Å². The molecule has 1 N–H and O–H groups in total. The van der Waals surface area contributed by atoms with Gasteiger partial charge in [0.2, 0.25) is 5.91 Å². The third kappa shape index (κ3) is 2.57. The van der Waals surface area contributed by atoms with Crippen LogP contribution in [0.1, 0.15) is 51.9 Å². The minimum atomic E-state index is 0.106. The second kappa shape index (κ2) is 5.67. The molecule has 0 spiro atoms. The van der Waals surface area contributed by atoms with Crippen molar-refractivity contribution in [3.8, 4) is 0 Å². The Morgan fingerprint density at radius 1 is 1.25 bits per heavy atom. The Balaban J connectivity index is 1.90. The Morgan fingerprint density at radius 2 is 2.00 bits per heavy atom. The van der Waals surface area contributed by atoms with Gasteiger partial charge in [-0.25, -0.2) is 0 Å². The van der Waals surface area contributed by atoms with Gasteiger partial charge in [0, 0.05) is 12.6 Å². The number of amides is 1. The van der Waals surface area contributed by atoms with E-state index in [1.54, 1.807) is 0 Å². The van der Waals surface area contributed by atoms with E-state index in [-0.39, 0.29) is 6.04 Å². The molecule has 3 heteroatoms. The number of hydrogen-bond donors (Lipinski definition) is 1. The highest BCUT2D eigenvalue weighted by molar-refractivity contribution is 5.83. The molecule has 1 atom stereocenters. The lowest BCUT2D eigenvalue weighted by Gasteiger charge is -2.36. The van der Waals surface area contributed by atoms with Crippen LogP contribution in [0.25, 0.3) is 0 Å². The van der Waals surface area contributed by atoms with E-state index < -0.39 is 0 Å². The Hall–Kier alpha value is -0.570. The zero-order chi connectivity index (χ0) is 11.4. The first kappa shape index (κ1) is 11.9. The van der Waals surface area contributed by atoms with E-state index in [1.807, 2.05) is 0 Å². The first-order valence-corrected chi connectivity index (χ1v) is 6.86. The minimum absolute atomic E-state index is 0.106. The van der Waals surface area contributed by atoms with Gasteiger partial charge in [0.25, 0.3) is 0 Å². The van der Waals surface area contributed by atoms with Gasteiger partial charge in [-0.15, -0.1) is 0 Å². The van der Waals surface area contributed by atoms with Crippen molar-refractivity contribution in [3.05, 3.63) is 0 Å². The molecule has 1 heterocycles. The highest BCUT2D eigenvalue weighted by Gasteiger charge is 2.33. The summed E-state index contributed by atoms with van der Waals surface area (Å²) in [7, 11) is 0. The number of rotatable bonds is 4. The normalized spacial score (nSPS) is 27.7. The van der Waals surface area contributed by atoms with Crippen molar-refractivity contribution >= 4 is 5.91 Å². The highest BCUT2D eigenvalue weighted by Crippen LogP contribution is 2.26. The smallest absolute Gasteiger partial charge is 0.239 e. The number of likely N-dealkylation sites (tertiary alicyclic amines) is 1. The van der Waals surface area contributed by atoms with Crippen LogP contribution in [-0.4, -0.2) is 36.0 Å². The molecule has 0 aromatic heterocycles. The number of carbonyl (C=O) groups is 1. The van der Waals surface area contributed by atoms with Gasteiger partial charge in [0.1, 0.15) is 0 Å². The lowest BCUT2D eigenvalue weighted by atomic mass is 10.0. The van der Waals surface area contributed by atoms with Crippen LogP contribution >= 0.6 is 0 Å². The van der Waals surface area contributed by atoms with E-state index >= 15 is 0 Å². The maximum absolute atomic E-state index is 12.3. The molecule has 1 saturated heterocycles. The quantitative estimate of drug-likeness (QED) is 0.791. The average molecular weight is 224 g/mol. The first-order chi connectivity index (χ1) is 7.83. The summed E-state index contributed by atoms with van der Waals surface area (Å²) < 4.78 is 0. The predicted octanol–water partition coefficient (Wildman–Crippen LogP) is 1.92. The lowest BCUT2D eigenvalue weighted by Crippen LogP contribution is -2.53. The molecule has 16 heavy (non-hydrogen) atoms. The van der Waals surface area contributed by atoms with E-state index in [1.165, 1.54) is 32.1 Å². The fourth-order valence-electron chi connectivity index (χ4n) is 2.99. The number of nitrogens with zero attached hydrogens (tertiary/aromatic N) is 1. The Labute approximate surface area is 98.6 Å². The lowest BCUT2D eigenvalue weighted by molar-refractivity contribution is -0.138. The molecule has 2 aliphatic rings. The van der Waals surface area contributed by atoms with Crippen molar-refractivity contribution in [2.75, 3.05) is 13.1 Å². The standard InChI is InChI=1S/C13H24N2O/c1-2-9-14-12-8-5-10-15(13(12)16)11-6-3-4-7-11/h11-12,14H,2-10H2,1H3. The summed E-state index contributed by atoms with van der Waals surface area (Å²) in [5.41, 5.74) is 0. The van der Waals surface area contributed by atoms with Crippen LogP contribution in [0, 0.1) is 0 Å². The largest absolute Gasteiger partial charge is 0.338 e. The van der Waals surface area contributed by atoms with E-state index in [0.29, 0.717) is 11.9 Å². The van der Waals surface area contributed by atoms with Crippen molar-refractivity contribution in [3.63, 3.8) is 0 Å². The summed E-state index contributed by atoms with van der Waals surface area (Å²) in [6, 6.07) is 0.660. The van der Waals surface area contributed by atoms with Crippen LogP contribution in [0.15, 0.2) is 0 Å². The number of nitrogens with one attached hydrogen (secondary N) is 1. The van der Waals surface area contributed by atoms with Crippen LogP contribution in [0.4, 0.5) is 0 Å². The van der Waals surface area contributed by atoms with Crippen molar-refractivity contribution < 1.29 is 4.79 Å². The molecular weight excluding hydrogens is 200 g/mol. The molecule has 0 aromatic carbocycles. The van der Waals surface area contributed by atoms with E-state index in [0.717, 1.165) is 25.9 Å². The van der Waals surface area contributed by atoms with Gasteiger partial charge in [-0.2, -0.15) is 0 Å². The molecule has 92 valence electrons. The SMILES string of the molecule is CCCNC1CCCN(C2CCCC2)C1=O. The molecule has 3 nitrogen and oxygen atoms in total. The molecule has 1 aliphatic heterocycles. The van der Waals surface area contributed by atoms with Gasteiger partial charge in [-0.3, -0.25) is 4.79 Å². The van der Waals surface area contributed by atoms with Crippen molar-refractivity contribution in [1.82, 2.24) is 10.2 Å². The van der Waals surface area contributed by atoms with Gasteiger partial charge in [-0.1, -0.05) is 19.8 Å². The van der Waals surface area contributed by atoms with Gasteiger partial charge < -0.3 is 10.2 Å². The summed E-state index contributed by atoms with van der Waals surface area (Å²) in [5.74, 6) is 0.367. The maximum atomic E-state index is 12.3. The third-order valence-corrected chi connectivity index (χ3v) is 3.88. The van der Waals surface area contributed by atoms with Gasteiger partial charge in [0.15, 0.2) is 0 Å². The summed E-state index contributed by atoms with van der Waals surface area (Å²) in [6.45, 7) is 4.11. The Kier molecular flexibility index (Phi) is 4.22. The minimum Gasteiger partial charge on any atom is -0.338 e. The number of piperidine rings is 1. The summed E-state index contributed by atoms with van der Waals surface area (Å²) >= 11 is 0. The van der Waals surface area contributed by atoms with E-state index in [9.17, 15) is 4.79 Å². The zero-order valence-corrected chi connectivity index (χ0v) is 10.4. The van der Waals surface area contributed by atoms with Crippen molar-refractivity contribution in [2.24, 2.45) is 0 Å². The van der Waals surface area contributed by atoms with Gasteiger partial charge in [-0.05, 0) is 38.6 Å². The molecule has 0 radical (unpaired) electrons. The molecule has 2 fully saturated rings. The summed E-state index contributed by atoms with van der Waals surface area (Å²) in [5, 5.41) is 3.38. The fraction of sp³-hybridized carbons (Fsp3) is 0.923. The van der Waals surface area contributed by atoms with E-state index in [4.69, 9.17) is 0 Å². The molecule has 0 bridgehead atoms. The molecule has 0 aromatic rings. The monoisotopic (exact) mass is 224 g/mol. The first-order valence-electron chi connectivity index (χ1n) is 6.86. The van der Waals surface area contributed by atoms with Gasteiger partial charge >= 0.3 is 0 Å². The third-order valence-electron chi connectivity index (χ3n) is 3.88. The van der Waals surface area contributed by atoms with Crippen molar-refractivity contribution in [2.45, 2.75) is 64.0 Å². The van der Waals surface area contributed by atoms with Crippen LogP contribution in [0.2, 0.25) is 0 Å². The van der Waals surface area contributed by atoms with Crippen LogP contribution in [0.5, 0.6) is 0 Å². The predicted molar refractivity (Wildman–Crippen MR) is 65.3 cm³/mol. The Morgan fingerprint density at radius 3 is 2.69 bits per heavy atom. The topological polar surface area (TPSA) is 32.3 Å².